The molecule has 0 N–H and O–H groups in total. The van der Waals surface area contributed by atoms with Gasteiger partial charge in [0.25, 0.3) is 0 Å². The van der Waals surface area contributed by atoms with Crippen molar-refractivity contribution in [2.24, 2.45) is 0 Å². The van der Waals surface area contributed by atoms with E-state index in [0.717, 1.165) is 70.6 Å². The number of carbonyl (C=O) groups excluding carboxylic acids is 2. The van der Waals surface area contributed by atoms with E-state index in [9.17, 15) is 9.59 Å². The Morgan fingerprint density at radius 2 is 0.833 bits per heavy atom. The number of ether oxygens (including phenoxy) is 3. The molecule has 312 valence electrons. The van der Waals surface area contributed by atoms with Gasteiger partial charge in [-0.2, -0.15) is 0 Å². The van der Waals surface area contributed by atoms with E-state index in [4.69, 9.17) is 14.2 Å². The first kappa shape index (κ1) is 51.6. The Bertz CT molecular complexity index is 946. The zero-order valence-electron chi connectivity index (χ0n) is 35.7. The van der Waals surface area contributed by atoms with Gasteiger partial charge in [-0.05, 0) is 57.8 Å². The summed E-state index contributed by atoms with van der Waals surface area (Å²) in [5.74, 6) is -0.463. The molecule has 0 heterocycles. The first-order valence-electron chi connectivity index (χ1n) is 22.8. The lowest BCUT2D eigenvalue weighted by molar-refractivity contribution is -0.163. The summed E-state index contributed by atoms with van der Waals surface area (Å²) in [5, 5.41) is 0. The van der Waals surface area contributed by atoms with Crippen LogP contribution in [-0.4, -0.2) is 37.9 Å². The molecule has 0 aromatic rings. The third kappa shape index (κ3) is 42.3. The third-order valence-corrected chi connectivity index (χ3v) is 9.57. The maximum Gasteiger partial charge on any atom is 0.306 e. The van der Waals surface area contributed by atoms with Crippen molar-refractivity contribution >= 4 is 11.9 Å². The van der Waals surface area contributed by atoms with E-state index in [1.807, 2.05) is 0 Å². The quantitative estimate of drug-likeness (QED) is 0.0353. The van der Waals surface area contributed by atoms with Crippen molar-refractivity contribution in [3.63, 3.8) is 0 Å². The zero-order valence-corrected chi connectivity index (χ0v) is 35.7. The Morgan fingerprint density at radius 1 is 0.426 bits per heavy atom. The lowest BCUT2D eigenvalue weighted by Gasteiger charge is -2.18. The predicted octanol–water partition coefficient (Wildman–Crippen LogP) is 15.0. The summed E-state index contributed by atoms with van der Waals surface area (Å²) in [6.07, 6.45) is 55.1. The molecule has 0 aliphatic heterocycles. The molecule has 0 spiro atoms. The summed E-state index contributed by atoms with van der Waals surface area (Å²) >= 11 is 0. The van der Waals surface area contributed by atoms with Gasteiger partial charge < -0.3 is 14.2 Å². The molecular weight excluding hydrogens is 669 g/mol. The Balaban J connectivity index is 4.30. The topological polar surface area (TPSA) is 61.8 Å². The minimum Gasteiger partial charge on any atom is -0.462 e. The molecule has 5 nitrogen and oxygen atoms in total. The highest BCUT2D eigenvalue weighted by atomic mass is 16.6. The molecule has 0 aromatic heterocycles. The predicted molar refractivity (Wildman–Crippen MR) is 233 cm³/mol. The van der Waals surface area contributed by atoms with Crippen LogP contribution in [-0.2, 0) is 23.8 Å². The molecule has 0 aromatic carbocycles. The van der Waals surface area contributed by atoms with Crippen LogP contribution < -0.4 is 0 Å². The van der Waals surface area contributed by atoms with Crippen LogP contribution in [0.15, 0.2) is 60.8 Å². The van der Waals surface area contributed by atoms with Crippen LogP contribution in [0.1, 0.15) is 213 Å². The monoisotopic (exact) mass is 755 g/mol. The molecule has 0 saturated heterocycles. The summed E-state index contributed by atoms with van der Waals surface area (Å²) in [7, 11) is 0. The normalized spacial score (nSPS) is 12.7. The molecule has 0 rings (SSSR count). The van der Waals surface area contributed by atoms with Gasteiger partial charge in [-0.25, -0.2) is 0 Å². The summed E-state index contributed by atoms with van der Waals surface area (Å²) in [6, 6.07) is 0. The standard InChI is InChI=1S/C49H86O5/c1-4-7-10-13-16-19-21-23-24-25-26-27-28-31-33-36-39-42-48(50)53-46-47(54-49(51)43-40-37-34-30-18-15-12-9-6-3)45-52-44-41-38-35-32-29-22-20-17-14-11-8-5-2/h7,10,16,19,23-24,26-27,31,33,47H,4-6,8-9,11-15,17-18,20-22,25,28-30,32,34-46H2,1-3H3/b10-7-,19-16-,24-23-,27-26-,33-31-. The molecule has 54 heavy (non-hydrogen) atoms. The van der Waals surface area contributed by atoms with Crippen LogP contribution in [0.25, 0.3) is 0 Å². The van der Waals surface area contributed by atoms with Crippen molar-refractivity contribution < 1.29 is 23.8 Å². The minimum atomic E-state index is -0.552. The second-order valence-electron chi connectivity index (χ2n) is 14.9. The lowest BCUT2D eigenvalue weighted by atomic mass is 10.1. The van der Waals surface area contributed by atoms with Crippen LogP contribution in [0.3, 0.4) is 0 Å². The number of hydrogen-bond acceptors (Lipinski definition) is 5. The van der Waals surface area contributed by atoms with E-state index < -0.39 is 6.10 Å². The van der Waals surface area contributed by atoms with Gasteiger partial charge in [0.15, 0.2) is 6.10 Å². The second-order valence-corrected chi connectivity index (χ2v) is 14.9. The maximum atomic E-state index is 12.7. The fourth-order valence-corrected chi connectivity index (χ4v) is 6.19. The molecule has 0 aliphatic rings. The number of carbonyl (C=O) groups is 2. The van der Waals surface area contributed by atoms with E-state index in [0.29, 0.717) is 19.4 Å². The van der Waals surface area contributed by atoms with Crippen molar-refractivity contribution in [2.75, 3.05) is 19.8 Å². The summed E-state index contributed by atoms with van der Waals surface area (Å²) in [4.78, 5) is 25.2. The first-order valence-corrected chi connectivity index (χ1v) is 22.8. The van der Waals surface area contributed by atoms with Crippen molar-refractivity contribution in [2.45, 2.75) is 219 Å². The van der Waals surface area contributed by atoms with Gasteiger partial charge >= 0.3 is 11.9 Å². The van der Waals surface area contributed by atoms with Crippen molar-refractivity contribution in [3.8, 4) is 0 Å². The Kier molecular flexibility index (Phi) is 43.0. The molecule has 0 radical (unpaired) electrons. The minimum absolute atomic E-state index is 0.0580. The van der Waals surface area contributed by atoms with Gasteiger partial charge in [-0.1, -0.05) is 204 Å². The third-order valence-electron chi connectivity index (χ3n) is 9.57. The van der Waals surface area contributed by atoms with Crippen molar-refractivity contribution in [1.29, 1.82) is 0 Å². The number of unbranched alkanes of at least 4 members (excludes halogenated alkanes) is 20. The van der Waals surface area contributed by atoms with Crippen LogP contribution in [0.2, 0.25) is 0 Å². The van der Waals surface area contributed by atoms with Crippen molar-refractivity contribution in [3.05, 3.63) is 60.8 Å². The fraction of sp³-hybridized carbons (Fsp3) is 0.755. The fourth-order valence-electron chi connectivity index (χ4n) is 6.19. The second kappa shape index (κ2) is 45.0. The van der Waals surface area contributed by atoms with E-state index in [1.54, 1.807) is 0 Å². The first-order chi connectivity index (χ1) is 26.6. The van der Waals surface area contributed by atoms with E-state index >= 15 is 0 Å². The Morgan fingerprint density at radius 3 is 1.31 bits per heavy atom. The molecule has 1 unspecified atom stereocenters. The molecule has 1 atom stereocenters. The summed E-state index contributed by atoms with van der Waals surface area (Å²) in [5.41, 5.74) is 0. The van der Waals surface area contributed by atoms with Crippen LogP contribution in [0.5, 0.6) is 0 Å². The van der Waals surface area contributed by atoms with Gasteiger partial charge in [0.2, 0.25) is 0 Å². The van der Waals surface area contributed by atoms with E-state index in [1.165, 1.54) is 109 Å². The van der Waals surface area contributed by atoms with E-state index in [2.05, 4.69) is 81.5 Å². The summed E-state index contributed by atoms with van der Waals surface area (Å²) < 4.78 is 17.2. The Hall–Kier alpha value is -2.40. The Labute approximate surface area is 334 Å². The maximum absolute atomic E-state index is 12.7. The number of hydrogen-bond donors (Lipinski definition) is 0. The van der Waals surface area contributed by atoms with Crippen molar-refractivity contribution in [1.82, 2.24) is 0 Å². The van der Waals surface area contributed by atoms with Gasteiger partial charge in [-0.15, -0.1) is 0 Å². The highest BCUT2D eigenvalue weighted by Crippen LogP contribution is 2.14. The van der Waals surface area contributed by atoms with Gasteiger partial charge in [0.05, 0.1) is 6.61 Å². The molecule has 0 bridgehead atoms. The van der Waals surface area contributed by atoms with Crippen LogP contribution >= 0.6 is 0 Å². The van der Waals surface area contributed by atoms with Crippen LogP contribution in [0.4, 0.5) is 0 Å². The number of esters is 2. The average Bonchev–Trinajstić information content (AvgIpc) is 3.17. The number of allylic oxidation sites excluding steroid dienone is 10. The summed E-state index contributed by atoms with van der Waals surface area (Å²) in [6.45, 7) is 7.64. The van der Waals surface area contributed by atoms with Crippen LogP contribution in [0, 0.1) is 0 Å². The van der Waals surface area contributed by atoms with E-state index in [-0.39, 0.29) is 25.2 Å². The lowest BCUT2D eigenvalue weighted by Crippen LogP contribution is -2.30. The highest BCUT2D eigenvalue weighted by molar-refractivity contribution is 5.70. The molecule has 0 fully saturated rings. The zero-order chi connectivity index (χ0) is 39.3. The average molecular weight is 755 g/mol. The SMILES string of the molecule is CC/C=C\C/C=C\C/C=C\C/C=C\C/C=C\CCCC(=O)OCC(COCCCCCCCCCCCCCC)OC(=O)CCCCCCCCCCC. The largest absolute Gasteiger partial charge is 0.462 e. The smallest absolute Gasteiger partial charge is 0.306 e. The van der Waals surface area contributed by atoms with Gasteiger partial charge in [0, 0.05) is 19.4 Å². The van der Waals surface area contributed by atoms with Gasteiger partial charge in [0.1, 0.15) is 6.61 Å². The highest BCUT2D eigenvalue weighted by Gasteiger charge is 2.17. The van der Waals surface area contributed by atoms with Gasteiger partial charge in [-0.3, -0.25) is 9.59 Å². The molecular formula is C49H86O5. The number of rotatable bonds is 41. The molecule has 5 heteroatoms. The molecule has 0 aliphatic carbocycles. The molecule has 0 saturated carbocycles. The molecule has 0 amide bonds.